The van der Waals surface area contributed by atoms with Crippen LogP contribution in [0.4, 0.5) is 0 Å². The minimum absolute atomic E-state index is 0.0428. The van der Waals surface area contributed by atoms with Crippen molar-refractivity contribution in [2.75, 3.05) is 0 Å². The Balaban J connectivity index is 0.771. The van der Waals surface area contributed by atoms with Gasteiger partial charge in [-0.15, -0.1) is 5.70 Å². The third-order valence-corrected chi connectivity index (χ3v) is 16.1. The smallest absolute Gasteiger partial charge is 0.0715 e. The SMILES string of the molecule is C1=CC2C3=CC(C4C=Cc5c(c6ccccc6n5-c5cccc(-c6cc(-c7ccccc7)nc(-c7ccccc7)c6)c5)C4)=CCC3N(C3=CC(C4=C[C@H](c5ccccc5)[N-]C(c5ccccc5)=C4)=CCC3)C2C=C1. The van der Waals surface area contributed by atoms with E-state index < -0.39 is 0 Å². The van der Waals surface area contributed by atoms with Gasteiger partial charge in [0.1, 0.15) is 0 Å². The van der Waals surface area contributed by atoms with Crippen LogP contribution in [0.5, 0.6) is 0 Å². The molecule has 1 saturated heterocycles. The number of pyridine rings is 1. The van der Waals surface area contributed by atoms with Crippen LogP contribution in [0, 0.1) is 11.8 Å². The first-order valence-electron chi connectivity index (χ1n) is 26.4. The highest BCUT2D eigenvalue weighted by Crippen LogP contribution is 2.49. The summed E-state index contributed by atoms with van der Waals surface area (Å²) in [6.07, 6.45) is 33.2. The van der Waals surface area contributed by atoms with Crippen molar-refractivity contribution in [2.24, 2.45) is 11.8 Å². The van der Waals surface area contributed by atoms with Gasteiger partial charge in [-0.05, 0) is 113 Å². The van der Waals surface area contributed by atoms with E-state index in [9.17, 15) is 0 Å². The van der Waals surface area contributed by atoms with Gasteiger partial charge in [0.2, 0.25) is 0 Å². The van der Waals surface area contributed by atoms with E-state index in [-0.39, 0.29) is 12.0 Å². The van der Waals surface area contributed by atoms with Crippen molar-refractivity contribution < 1.29 is 0 Å². The summed E-state index contributed by atoms with van der Waals surface area (Å²) in [5, 5.41) is 6.61. The fraction of sp³-hybridized carbons (Fsp3) is 0.129. The molecule has 1 fully saturated rings. The molecular formula is C70H55N4-. The number of nitrogens with zero attached hydrogens (tertiary/aromatic N) is 4. The molecule has 356 valence electrons. The Bertz CT molecular complexity index is 3710. The molecule has 4 aliphatic carbocycles. The summed E-state index contributed by atoms with van der Waals surface area (Å²) in [5.41, 5.74) is 21.9. The second kappa shape index (κ2) is 18.7. The molecule has 0 bridgehead atoms. The Kier molecular flexibility index (Phi) is 11.1. The summed E-state index contributed by atoms with van der Waals surface area (Å²) in [6.45, 7) is 0. The highest BCUT2D eigenvalue weighted by molar-refractivity contribution is 5.91. The van der Waals surface area contributed by atoms with Gasteiger partial charge < -0.3 is 14.8 Å². The summed E-state index contributed by atoms with van der Waals surface area (Å²) in [6, 6.07) is 65.5. The number of aromatic nitrogens is 2. The van der Waals surface area contributed by atoms with Crippen LogP contribution in [0.2, 0.25) is 0 Å². The van der Waals surface area contributed by atoms with Crippen LogP contribution in [0.1, 0.15) is 47.7 Å². The van der Waals surface area contributed by atoms with Crippen LogP contribution in [0.25, 0.3) is 67.3 Å². The summed E-state index contributed by atoms with van der Waals surface area (Å²) in [4.78, 5) is 7.96. The Morgan fingerprint density at radius 3 is 2.03 bits per heavy atom. The zero-order valence-electron chi connectivity index (χ0n) is 41.3. The summed E-state index contributed by atoms with van der Waals surface area (Å²) < 4.78 is 2.49. The van der Waals surface area contributed by atoms with Crippen molar-refractivity contribution in [1.29, 1.82) is 0 Å². The van der Waals surface area contributed by atoms with Crippen LogP contribution in [-0.2, 0) is 6.42 Å². The van der Waals surface area contributed by atoms with Gasteiger partial charge in [0.25, 0.3) is 0 Å². The Hall–Kier alpha value is -8.73. The molecule has 2 aliphatic heterocycles. The number of hydrogen-bond donors (Lipinski definition) is 0. The van der Waals surface area contributed by atoms with E-state index in [1.54, 1.807) is 5.57 Å². The van der Waals surface area contributed by atoms with Crippen LogP contribution in [-0.4, -0.2) is 26.5 Å². The molecule has 6 aliphatic rings. The number of para-hydroxylation sites is 1. The molecule has 4 nitrogen and oxygen atoms in total. The lowest BCUT2D eigenvalue weighted by Crippen LogP contribution is -2.37. The average molecular weight is 952 g/mol. The molecule has 5 atom stereocenters. The number of hydrogen-bond acceptors (Lipinski definition) is 2. The minimum Gasteiger partial charge on any atom is -0.674 e. The molecular weight excluding hydrogens is 897 g/mol. The Morgan fingerprint density at radius 1 is 0.568 bits per heavy atom. The average Bonchev–Trinajstić information content (AvgIpc) is 4.00. The highest BCUT2D eigenvalue weighted by atomic mass is 15.2. The number of likely N-dealkylation sites (tertiary alicyclic amines) is 1. The predicted molar refractivity (Wildman–Crippen MR) is 306 cm³/mol. The van der Waals surface area contributed by atoms with Crippen molar-refractivity contribution in [3.63, 3.8) is 0 Å². The summed E-state index contributed by atoms with van der Waals surface area (Å²) in [7, 11) is 0. The van der Waals surface area contributed by atoms with Crippen molar-refractivity contribution in [1.82, 2.24) is 14.5 Å². The zero-order chi connectivity index (χ0) is 49.0. The first kappa shape index (κ1) is 44.0. The largest absolute Gasteiger partial charge is 0.674 e. The molecule has 4 heterocycles. The molecule has 74 heavy (non-hydrogen) atoms. The van der Waals surface area contributed by atoms with Gasteiger partial charge in [0.05, 0.1) is 29.0 Å². The van der Waals surface area contributed by atoms with Crippen LogP contribution < -0.4 is 0 Å². The van der Waals surface area contributed by atoms with Gasteiger partial charge in [-0.3, -0.25) is 0 Å². The zero-order valence-corrected chi connectivity index (χ0v) is 41.3. The first-order valence-corrected chi connectivity index (χ1v) is 26.4. The molecule has 6 aromatic carbocycles. The molecule has 4 heteroatoms. The molecule has 0 spiro atoms. The molecule has 8 aromatic rings. The first-order chi connectivity index (χ1) is 36.7. The second-order valence-electron chi connectivity index (χ2n) is 20.4. The van der Waals surface area contributed by atoms with Crippen molar-refractivity contribution in [2.45, 2.75) is 43.8 Å². The maximum Gasteiger partial charge on any atom is 0.0715 e. The standard InChI is InChI=1S/C70H55N4/c1-5-19-47(20-6-1)63-43-55(44-64(71-63)48-21-7-2-8-22-48)51-27-17-29-57(39-51)73-67-33-15-13-31-59(67)61-41-53(35-37-69(61)73)54-36-38-70-62(42-54)60-32-14-16-34-68(60)74(70)58-30-18-28-52(40-58)56-45-65(49-23-9-3-10-24-49)72-66(46-56)50-25-11-4-12-26-50/h1-17,19-29,31-37,39-40,42-46,53,60,65,68,70H,18,30,38,41H2/q-1/t53?,60?,65-,68?,70?/m1/s1. The monoisotopic (exact) mass is 951 g/mol. The Labute approximate surface area is 434 Å². The summed E-state index contributed by atoms with van der Waals surface area (Å²) in [5.74, 6) is 0.631. The van der Waals surface area contributed by atoms with Crippen molar-refractivity contribution in [3.8, 4) is 39.3 Å². The van der Waals surface area contributed by atoms with Crippen LogP contribution in [0.15, 0.2) is 277 Å². The molecule has 14 rings (SSSR count). The van der Waals surface area contributed by atoms with Gasteiger partial charge in [-0.1, -0.05) is 224 Å². The van der Waals surface area contributed by atoms with Crippen LogP contribution in [0.3, 0.4) is 0 Å². The fourth-order valence-electron chi connectivity index (χ4n) is 12.6. The predicted octanol–water partition coefficient (Wildman–Crippen LogP) is 17.0. The van der Waals surface area contributed by atoms with E-state index >= 15 is 0 Å². The Morgan fingerprint density at radius 2 is 1.26 bits per heavy atom. The maximum absolute atomic E-state index is 5.28. The molecule has 0 radical (unpaired) electrons. The molecule has 0 saturated carbocycles. The lowest BCUT2D eigenvalue weighted by Gasteiger charge is -2.39. The molecule has 0 N–H and O–H groups in total. The van der Waals surface area contributed by atoms with Crippen LogP contribution >= 0.6 is 0 Å². The van der Waals surface area contributed by atoms with Gasteiger partial charge in [0.15, 0.2) is 0 Å². The van der Waals surface area contributed by atoms with Gasteiger partial charge in [-0.2, -0.15) is 0 Å². The van der Waals surface area contributed by atoms with E-state index in [1.807, 2.05) is 0 Å². The van der Waals surface area contributed by atoms with Crippen molar-refractivity contribution >= 4 is 22.7 Å². The molecule has 4 unspecified atom stereocenters. The quantitative estimate of drug-likeness (QED) is 0.144. The van der Waals surface area contributed by atoms with E-state index in [0.717, 1.165) is 76.3 Å². The number of rotatable bonds is 9. The van der Waals surface area contributed by atoms with E-state index in [4.69, 9.17) is 10.3 Å². The topological polar surface area (TPSA) is 35.2 Å². The maximum atomic E-state index is 5.28. The lowest BCUT2D eigenvalue weighted by molar-refractivity contribution is 0.271. The lowest BCUT2D eigenvalue weighted by atomic mass is 9.79. The number of allylic oxidation sites excluding steroid dienone is 11. The fourth-order valence-corrected chi connectivity index (χ4v) is 12.6. The van der Waals surface area contributed by atoms with E-state index in [2.05, 4.69) is 264 Å². The van der Waals surface area contributed by atoms with Gasteiger partial charge in [-0.25, -0.2) is 4.98 Å². The van der Waals surface area contributed by atoms with E-state index in [0.29, 0.717) is 18.0 Å². The van der Waals surface area contributed by atoms with Crippen molar-refractivity contribution in [3.05, 3.63) is 305 Å². The minimum atomic E-state index is -0.0428. The summed E-state index contributed by atoms with van der Waals surface area (Å²) >= 11 is 0. The number of fused-ring (bicyclic) bond motifs is 6. The molecule has 2 aromatic heterocycles. The van der Waals surface area contributed by atoms with Gasteiger partial charge in [0, 0.05) is 45.4 Å². The highest BCUT2D eigenvalue weighted by Gasteiger charge is 2.45. The third-order valence-electron chi connectivity index (χ3n) is 16.1. The second-order valence-corrected chi connectivity index (χ2v) is 20.4. The number of benzene rings is 6. The molecule has 0 amide bonds. The van der Waals surface area contributed by atoms with Gasteiger partial charge >= 0.3 is 0 Å². The third kappa shape index (κ3) is 7.99. The van der Waals surface area contributed by atoms with E-state index in [1.165, 1.54) is 50.1 Å². The normalized spacial score (nSPS) is 21.6.